The van der Waals surface area contributed by atoms with Gasteiger partial charge in [0, 0.05) is 30.7 Å². The lowest BCUT2D eigenvalue weighted by molar-refractivity contribution is 0.112. The molecule has 0 aromatic carbocycles. The van der Waals surface area contributed by atoms with E-state index in [1.54, 1.807) is 0 Å². The van der Waals surface area contributed by atoms with Crippen molar-refractivity contribution in [3.63, 3.8) is 0 Å². The van der Waals surface area contributed by atoms with E-state index in [1.165, 1.54) is 36.4 Å². The molecule has 94 valence electrons. The van der Waals surface area contributed by atoms with Crippen LogP contribution in [0.5, 0.6) is 0 Å². The second kappa shape index (κ2) is 5.65. The first-order valence-corrected chi connectivity index (χ1v) is 7.11. The van der Waals surface area contributed by atoms with E-state index in [2.05, 4.69) is 29.2 Å². The van der Waals surface area contributed by atoms with Gasteiger partial charge in [0.1, 0.15) is 0 Å². The Balaban J connectivity index is 1.96. The van der Waals surface area contributed by atoms with Gasteiger partial charge < -0.3 is 4.90 Å². The molecule has 0 aliphatic carbocycles. The molecule has 2 heterocycles. The van der Waals surface area contributed by atoms with Gasteiger partial charge in [0.25, 0.3) is 0 Å². The smallest absolute Gasteiger partial charge is 0.160 e. The van der Waals surface area contributed by atoms with E-state index in [0.29, 0.717) is 6.04 Å². The molecule has 17 heavy (non-hydrogen) atoms. The molecule has 1 aromatic rings. The van der Waals surface area contributed by atoms with Crippen LogP contribution in [0.2, 0.25) is 0 Å². The molecule has 1 fully saturated rings. The lowest BCUT2D eigenvalue weighted by atomic mass is 10.2. The molecule has 2 rings (SSSR count). The molecule has 4 heteroatoms. The Kier molecular flexibility index (Phi) is 4.18. The summed E-state index contributed by atoms with van der Waals surface area (Å²) in [6.07, 6.45) is 3.54. The molecule has 0 N–H and O–H groups in total. The normalized spacial score (nSPS) is 20.7. The minimum Gasteiger partial charge on any atom is -0.372 e. The standard InChI is InChI=1S/C13H20N2OS/c1-3-15-6-4-5-11(15)8-14(2)12-7-13(9-16)17-10-12/h7,9-11H,3-6,8H2,1-2H3. The third-order valence-electron chi connectivity index (χ3n) is 3.55. The van der Waals surface area contributed by atoms with Crippen LogP contribution in [0.4, 0.5) is 5.69 Å². The van der Waals surface area contributed by atoms with Gasteiger partial charge in [0.15, 0.2) is 6.29 Å². The first kappa shape index (κ1) is 12.6. The molecule has 0 saturated carbocycles. The van der Waals surface area contributed by atoms with E-state index >= 15 is 0 Å². The van der Waals surface area contributed by atoms with E-state index in [9.17, 15) is 4.79 Å². The number of rotatable bonds is 5. The topological polar surface area (TPSA) is 23.6 Å². The van der Waals surface area contributed by atoms with Crippen LogP contribution >= 0.6 is 11.3 Å². The highest BCUT2D eigenvalue weighted by Gasteiger charge is 2.24. The number of aldehydes is 1. The highest BCUT2D eigenvalue weighted by atomic mass is 32.1. The van der Waals surface area contributed by atoms with Crippen LogP contribution in [0.3, 0.4) is 0 Å². The Morgan fingerprint density at radius 3 is 3.12 bits per heavy atom. The van der Waals surface area contributed by atoms with Gasteiger partial charge in [0.05, 0.1) is 4.88 Å². The zero-order chi connectivity index (χ0) is 12.3. The second-order valence-corrected chi connectivity index (χ2v) is 5.57. The van der Waals surface area contributed by atoms with Crippen molar-refractivity contribution < 1.29 is 4.79 Å². The molecule has 1 unspecified atom stereocenters. The number of hydrogen-bond donors (Lipinski definition) is 0. The predicted molar refractivity (Wildman–Crippen MR) is 73.2 cm³/mol. The van der Waals surface area contributed by atoms with Crippen molar-refractivity contribution in [3.05, 3.63) is 16.3 Å². The zero-order valence-corrected chi connectivity index (χ0v) is 11.4. The Bertz CT molecular complexity index is 377. The molecule has 1 aliphatic heterocycles. The summed E-state index contributed by atoms with van der Waals surface area (Å²) in [7, 11) is 2.11. The summed E-state index contributed by atoms with van der Waals surface area (Å²) in [6.45, 7) is 5.66. The Morgan fingerprint density at radius 1 is 1.65 bits per heavy atom. The van der Waals surface area contributed by atoms with Gasteiger partial charge in [-0.3, -0.25) is 9.69 Å². The lowest BCUT2D eigenvalue weighted by Crippen LogP contribution is -2.38. The first-order chi connectivity index (χ1) is 8.24. The average molecular weight is 252 g/mol. The van der Waals surface area contributed by atoms with E-state index in [0.717, 1.165) is 24.3 Å². The summed E-state index contributed by atoms with van der Waals surface area (Å²) in [6, 6.07) is 2.65. The first-order valence-electron chi connectivity index (χ1n) is 6.23. The Hall–Kier alpha value is -0.870. The van der Waals surface area contributed by atoms with Gasteiger partial charge in [-0.15, -0.1) is 11.3 Å². The summed E-state index contributed by atoms with van der Waals surface area (Å²) in [5.41, 5.74) is 1.17. The van der Waals surface area contributed by atoms with Crippen LogP contribution in [-0.4, -0.2) is 43.9 Å². The number of hydrogen-bond acceptors (Lipinski definition) is 4. The van der Waals surface area contributed by atoms with Gasteiger partial charge >= 0.3 is 0 Å². The van der Waals surface area contributed by atoms with Gasteiger partial charge in [-0.05, 0) is 32.0 Å². The molecular formula is C13H20N2OS. The van der Waals surface area contributed by atoms with Gasteiger partial charge in [-0.2, -0.15) is 0 Å². The van der Waals surface area contributed by atoms with Crippen molar-refractivity contribution in [3.8, 4) is 0 Å². The summed E-state index contributed by atoms with van der Waals surface area (Å²) in [5.74, 6) is 0. The second-order valence-electron chi connectivity index (χ2n) is 4.63. The van der Waals surface area contributed by atoms with E-state index in [-0.39, 0.29) is 0 Å². The number of carbonyl (C=O) groups excluding carboxylic acids is 1. The highest BCUT2D eigenvalue weighted by molar-refractivity contribution is 7.12. The third kappa shape index (κ3) is 2.87. The quantitative estimate of drug-likeness (QED) is 0.752. The fourth-order valence-electron chi connectivity index (χ4n) is 2.54. The SMILES string of the molecule is CCN1CCCC1CN(C)c1csc(C=O)c1. The minimum atomic E-state index is 0.671. The van der Waals surface area contributed by atoms with E-state index in [4.69, 9.17) is 0 Å². The molecule has 1 aliphatic rings. The van der Waals surface area contributed by atoms with Crippen molar-refractivity contribution in [2.45, 2.75) is 25.8 Å². The largest absolute Gasteiger partial charge is 0.372 e. The molecule has 1 aromatic heterocycles. The molecular weight excluding hydrogens is 232 g/mol. The minimum absolute atomic E-state index is 0.671. The Labute approximate surface area is 107 Å². The van der Waals surface area contributed by atoms with Gasteiger partial charge in [0.2, 0.25) is 0 Å². The number of thiophene rings is 1. The number of likely N-dealkylation sites (tertiary alicyclic amines) is 1. The summed E-state index contributed by atoms with van der Waals surface area (Å²) in [4.78, 5) is 16.3. The van der Waals surface area contributed by atoms with Crippen molar-refractivity contribution in [1.29, 1.82) is 0 Å². The third-order valence-corrected chi connectivity index (χ3v) is 4.40. The summed E-state index contributed by atoms with van der Waals surface area (Å²) in [5, 5.41) is 2.06. The zero-order valence-electron chi connectivity index (χ0n) is 10.6. The highest BCUT2D eigenvalue weighted by Crippen LogP contribution is 2.24. The maximum absolute atomic E-state index is 10.7. The molecule has 1 saturated heterocycles. The Morgan fingerprint density at radius 2 is 2.47 bits per heavy atom. The molecule has 0 amide bonds. The average Bonchev–Trinajstić information content (AvgIpc) is 2.96. The van der Waals surface area contributed by atoms with Gasteiger partial charge in [-0.25, -0.2) is 0 Å². The maximum Gasteiger partial charge on any atom is 0.160 e. The number of likely N-dealkylation sites (N-methyl/N-ethyl adjacent to an activating group) is 2. The van der Waals surface area contributed by atoms with Crippen LogP contribution in [0, 0.1) is 0 Å². The van der Waals surface area contributed by atoms with Crippen LogP contribution in [0.15, 0.2) is 11.4 Å². The van der Waals surface area contributed by atoms with Crippen LogP contribution in [0.25, 0.3) is 0 Å². The number of anilines is 1. The van der Waals surface area contributed by atoms with Crippen molar-refractivity contribution in [2.75, 3.05) is 31.6 Å². The van der Waals surface area contributed by atoms with Crippen LogP contribution in [-0.2, 0) is 0 Å². The van der Waals surface area contributed by atoms with Crippen molar-refractivity contribution in [1.82, 2.24) is 4.90 Å². The van der Waals surface area contributed by atoms with Crippen LogP contribution in [0.1, 0.15) is 29.4 Å². The van der Waals surface area contributed by atoms with Crippen molar-refractivity contribution >= 4 is 23.3 Å². The molecule has 1 atom stereocenters. The fraction of sp³-hybridized carbons (Fsp3) is 0.615. The fourth-order valence-corrected chi connectivity index (χ4v) is 3.29. The monoisotopic (exact) mass is 252 g/mol. The summed E-state index contributed by atoms with van der Waals surface area (Å²) >= 11 is 1.52. The molecule has 0 bridgehead atoms. The molecule has 3 nitrogen and oxygen atoms in total. The number of carbonyl (C=O) groups is 1. The maximum atomic E-state index is 10.7. The van der Waals surface area contributed by atoms with E-state index in [1.807, 2.05) is 6.07 Å². The van der Waals surface area contributed by atoms with Crippen LogP contribution < -0.4 is 4.90 Å². The molecule has 0 radical (unpaired) electrons. The lowest BCUT2D eigenvalue weighted by Gasteiger charge is -2.28. The van der Waals surface area contributed by atoms with Gasteiger partial charge in [-0.1, -0.05) is 6.92 Å². The number of nitrogens with zero attached hydrogens (tertiary/aromatic N) is 2. The van der Waals surface area contributed by atoms with Crippen molar-refractivity contribution in [2.24, 2.45) is 0 Å². The molecule has 0 spiro atoms. The summed E-state index contributed by atoms with van der Waals surface area (Å²) < 4.78 is 0. The van der Waals surface area contributed by atoms with E-state index < -0.39 is 0 Å². The predicted octanol–water partition coefficient (Wildman–Crippen LogP) is 2.48.